The molecule has 0 aliphatic carbocycles. The monoisotopic (exact) mass is 416 g/mol. The van der Waals surface area contributed by atoms with Crippen molar-refractivity contribution >= 4 is 15.9 Å². The van der Waals surface area contributed by atoms with E-state index in [2.05, 4.69) is 0 Å². The molecule has 0 spiro atoms. The number of amides is 1. The zero-order valence-corrected chi connectivity index (χ0v) is 16.0. The molecule has 0 saturated carbocycles. The molecule has 6 nitrogen and oxygen atoms in total. The molecule has 2 rings (SSSR count). The minimum atomic E-state index is -4.49. The van der Waals surface area contributed by atoms with Crippen LogP contribution in [0.3, 0.4) is 0 Å². The van der Waals surface area contributed by atoms with Gasteiger partial charge >= 0.3 is 6.18 Å². The second kappa shape index (κ2) is 8.61. The predicted octanol–water partition coefficient (Wildman–Crippen LogP) is 2.81. The molecule has 1 amide bonds. The van der Waals surface area contributed by atoms with Crippen LogP contribution in [0.5, 0.6) is 5.75 Å². The number of hydrogen-bond donors (Lipinski definition) is 1. The minimum Gasteiger partial charge on any atom is -0.497 e. The number of ether oxygens (including phenoxy) is 1. The van der Waals surface area contributed by atoms with Crippen LogP contribution in [0.25, 0.3) is 0 Å². The molecule has 28 heavy (non-hydrogen) atoms. The maximum Gasteiger partial charge on any atom is 0.405 e. The molecule has 0 radical (unpaired) electrons. The van der Waals surface area contributed by atoms with E-state index >= 15 is 0 Å². The number of carbonyl (C=O) groups is 1. The molecule has 2 aromatic carbocycles. The highest BCUT2D eigenvalue weighted by Gasteiger charge is 2.28. The van der Waals surface area contributed by atoms with Crippen molar-refractivity contribution < 1.29 is 31.1 Å². The van der Waals surface area contributed by atoms with Crippen LogP contribution < -0.4 is 10.1 Å². The third-order valence-corrected chi connectivity index (χ3v) is 5.66. The molecule has 0 saturated heterocycles. The van der Waals surface area contributed by atoms with Crippen LogP contribution in [0, 0.1) is 0 Å². The number of sulfonamides is 1. The highest BCUT2D eigenvalue weighted by molar-refractivity contribution is 7.89. The standard InChI is InChI=1S/C18H19F3N2O4S/c1-23(28(25,26)16-9-7-15(27-2)8-10-16)11-13-3-5-14(6-4-13)17(24)22-12-18(19,20)21/h3-10H,11-12H2,1-2H3,(H,22,24). The van der Waals surface area contributed by atoms with Crippen molar-refractivity contribution in [3.8, 4) is 5.75 Å². The fourth-order valence-electron chi connectivity index (χ4n) is 2.31. The summed E-state index contributed by atoms with van der Waals surface area (Å²) >= 11 is 0. The average molecular weight is 416 g/mol. The van der Waals surface area contributed by atoms with Crippen LogP contribution in [-0.2, 0) is 16.6 Å². The van der Waals surface area contributed by atoms with E-state index in [-0.39, 0.29) is 17.0 Å². The van der Waals surface area contributed by atoms with Crippen LogP contribution in [0.15, 0.2) is 53.4 Å². The van der Waals surface area contributed by atoms with Gasteiger partial charge in [-0.25, -0.2) is 8.42 Å². The van der Waals surface area contributed by atoms with Crippen LogP contribution in [0.4, 0.5) is 13.2 Å². The molecular weight excluding hydrogens is 397 g/mol. The molecule has 2 aromatic rings. The van der Waals surface area contributed by atoms with E-state index < -0.39 is 28.7 Å². The Labute approximate surface area is 161 Å². The molecule has 1 N–H and O–H groups in total. The lowest BCUT2D eigenvalue weighted by Crippen LogP contribution is -2.33. The number of halogens is 3. The van der Waals surface area contributed by atoms with Gasteiger partial charge in [0.15, 0.2) is 0 Å². The molecule has 0 aromatic heterocycles. The van der Waals surface area contributed by atoms with Gasteiger partial charge in [-0.15, -0.1) is 0 Å². The number of nitrogens with one attached hydrogen (secondary N) is 1. The Morgan fingerprint density at radius 3 is 2.14 bits per heavy atom. The van der Waals surface area contributed by atoms with Crippen molar-refractivity contribution in [2.24, 2.45) is 0 Å². The second-order valence-electron chi connectivity index (χ2n) is 5.93. The van der Waals surface area contributed by atoms with Crippen LogP contribution >= 0.6 is 0 Å². The summed E-state index contributed by atoms with van der Waals surface area (Å²) in [5.41, 5.74) is 0.626. The summed E-state index contributed by atoms with van der Waals surface area (Å²) in [7, 11) is -0.859. The normalized spacial score (nSPS) is 12.1. The minimum absolute atomic E-state index is 0.0266. The second-order valence-corrected chi connectivity index (χ2v) is 7.98. The lowest BCUT2D eigenvalue weighted by atomic mass is 10.1. The van der Waals surface area contributed by atoms with Gasteiger partial charge in [0.25, 0.3) is 5.91 Å². The number of benzene rings is 2. The molecule has 0 bridgehead atoms. The largest absolute Gasteiger partial charge is 0.497 e. The van der Waals surface area contributed by atoms with Crippen molar-refractivity contribution in [3.05, 3.63) is 59.7 Å². The lowest BCUT2D eigenvalue weighted by molar-refractivity contribution is -0.123. The van der Waals surface area contributed by atoms with Gasteiger partial charge in [-0.1, -0.05) is 12.1 Å². The number of rotatable bonds is 7. The smallest absolute Gasteiger partial charge is 0.405 e. The fourth-order valence-corrected chi connectivity index (χ4v) is 3.47. The Morgan fingerprint density at radius 1 is 1.07 bits per heavy atom. The Hall–Kier alpha value is -2.59. The van der Waals surface area contributed by atoms with E-state index in [9.17, 15) is 26.4 Å². The van der Waals surface area contributed by atoms with Crippen molar-refractivity contribution in [2.75, 3.05) is 20.7 Å². The molecule has 0 heterocycles. The fraction of sp³-hybridized carbons (Fsp3) is 0.278. The van der Waals surface area contributed by atoms with E-state index in [1.54, 1.807) is 5.32 Å². The predicted molar refractivity (Wildman–Crippen MR) is 96.5 cm³/mol. The van der Waals surface area contributed by atoms with E-state index in [0.29, 0.717) is 11.3 Å². The maximum absolute atomic E-state index is 12.6. The SMILES string of the molecule is COc1ccc(S(=O)(=O)N(C)Cc2ccc(C(=O)NCC(F)(F)F)cc2)cc1. The highest BCUT2D eigenvalue weighted by atomic mass is 32.2. The Balaban J connectivity index is 2.05. The molecule has 152 valence electrons. The summed E-state index contributed by atoms with van der Waals surface area (Å²) in [4.78, 5) is 11.8. The highest BCUT2D eigenvalue weighted by Crippen LogP contribution is 2.20. The van der Waals surface area contributed by atoms with Crippen molar-refractivity contribution in [1.29, 1.82) is 0 Å². The van der Waals surface area contributed by atoms with Crippen molar-refractivity contribution in [1.82, 2.24) is 9.62 Å². The van der Waals surface area contributed by atoms with Gasteiger partial charge in [-0.05, 0) is 42.0 Å². The average Bonchev–Trinajstić information content (AvgIpc) is 2.66. The van der Waals surface area contributed by atoms with E-state index in [1.165, 1.54) is 62.7 Å². The van der Waals surface area contributed by atoms with Crippen molar-refractivity contribution in [2.45, 2.75) is 17.6 Å². The summed E-state index contributed by atoms with van der Waals surface area (Å²) < 4.78 is 67.8. The zero-order valence-electron chi connectivity index (χ0n) is 15.2. The van der Waals surface area contributed by atoms with E-state index in [1.807, 2.05) is 0 Å². The first-order valence-corrected chi connectivity index (χ1v) is 9.51. The molecule has 0 aliphatic rings. The zero-order chi connectivity index (χ0) is 20.9. The van der Waals surface area contributed by atoms with Crippen LogP contribution in [-0.4, -0.2) is 45.5 Å². The Bertz CT molecular complexity index is 911. The summed E-state index contributed by atoms with van der Waals surface area (Å²) in [5.74, 6) is -0.330. The first-order valence-electron chi connectivity index (χ1n) is 8.07. The first kappa shape index (κ1) is 21.7. The van der Waals surface area contributed by atoms with Gasteiger partial charge in [0.05, 0.1) is 12.0 Å². The number of methoxy groups -OCH3 is 1. The summed E-state index contributed by atoms with van der Waals surface area (Å²) in [6.07, 6.45) is -4.49. The summed E-state index contributed by atoms with van der Waals surface area (Å²) in [6, 6.07) is 11.6. The van der Waals surface area contributed by atoms with Crippen molar-refractivity contribution in [3.63, 3.8) is 0 Å². The number of carbonyl (C=O) groups excluding carboxylic acids is 1. The van der Waals surface area contributed by atoms with Crippen LogP contribution in [0.2, 0.25) is 0 Å². The Kier molecular flexibility index (Phi) is 6.68. The molecule has 10 heteroatoms. The molecule has 0 aliphatic heterocycles. The quantitative estimate of drug-likeness (QED) is 0.753. The van der Waals surface area contributed by atoms with Gasteiger partial charge in [0.2, 0.25) is 10.0 Å². The van der Waals surface area contributed by atoms with Gasteiger partial charge in [0.1, 0.15) is 12.3 Å². The Morgan fingerprint density at radius 2 is 1.64 bits per heavy atom. The molecule has 0 fully saturated rings. The topological polar surface area (TPSA) is 75.7 Å². The molecule has 0 atom stereocenters. The number of alkyl halides is 3. The lowest BCUT2D eigenvalue weighted by Gasteiger charge is -2.17. The van der Waals surface area contributed by atoms with Crippen LogP contribution in [0.1, 0.15) is 15.9 Å². The number of nitrogens with zero attached hydrogens (tertiary/aromatic N) is 1. The van der Waals surface area contributed by atoms with Gasteiger partial charge in [0, 0.05) is 19.2 Å². The third-order valence-electron chi connectivity index (χ3n) is 3.84. The van der Waals surface area contributed by atoms with Gasteiger partial charge < -0.3 is 10.1 Å². The summed E-state index contributed by atoms with van der Waals surface area (Å²) in [5, 5.41) is 1.77. The van der Waals surface area contributed by atoms with E-state index in [4.69, 9.17) is 4.74 Å². The third kappa shape index (κ3) is 5.70. The summed E-state index contributed by atoms with van der Waals surface area (Å²) in [6.45, 7) is -1.39. The maximum atomic E-state index is 12.6. The van der Waals surface area contributed by atoms with Gasteiger partial charge in [-0.2, -0.15) is 17.5 Å². The first-order chi connectivity index (χ1) is 13.0. The van der Waals surface area contributed by atoms with E-state index in [0.717, 1.165) is 4.31 Å². The molecule has 0 unspecified atom stereocenters. The number of hydrogen-bond acceptors (Lipinski definition) is 4. The molecular formula is C18H19F3N2O4S. The van der Waals surface area contributed by atoms with Gasteiger partial charge in [-0.3, -0.25) is 4.79 Å².